The van der Waals surface area contributed by atoms with Crippen molar-refractivity contribution in [1.82, 2.24) is 5.32 Å². The van der Waals surface area contributed by atoms with Crippen molar-refractivity contribution in [1.29, 1.82) is 0 Å². The van der Waals surface area contributed by atoms with Crippen LogP contribution in [0.15, 0.2) is 71.7 Å². The summed E-state index contributed by atoms with van der Waals surface area (Å²) in [7, 11) is 0. The number of nitrogens with one attached hydrogen (secondary N) is 1. The summed E-state index contributed by atoms with van der Waals surface area (Å²) in [6.07, 6.45) is -4.47. The first-order valence-corrected chi connectivity index (χ1v) is 10.3. The number of halogens is 3. The van der Waals surface area contributed by atoms with E-state index in [0.717, 1.165) is 18.2 Å². The van der Waals surface area contributed by atoms with Crippen LogP contribution < -0.4 is 10.2 Å². The van der Waals surface area contributed by atoms with E-state index in [9.17, 15) is 33.6 Å². The Labute approximate surface area is 197 Å². The van der Waals surface area contributed by atoms with E-state index in [1.807, 2.05) is 0 Å². The van der Waals surface area contributed by atoms with Crippen LogP contribution >= 0.6 is 12.2 Å². The van der Waals surface area contributed by atoms with E-state index in [1.54, 1.807) is 0 Å². The van der Waals surface area contributed by atoms with Gasteiger partial charge >= 0.3 is 6.18 Å². The van der Waals surface area contributed by atoms with E-state index in [2.05, 4.69) is 10.3 Å². The van der Waals surface area contributed by atoms with Crippen LogP contribution in [-0.2, 0) is 18.4 Å². The number of rotatable bonds is 4. The maximum Gasteiger partial charge on any atom is 0.416 e. The highest BCUT2D eigenvalue weighted by molar-refractivity contribution is 7.80. The van der Waals surface area contributed by atoms with E-state index in [0.29, 0.717) is 11.3 Å². The second-order valence-corrected chi connectivity index (χ2v) is 7.90. The molecule has 1 fully saturated rings. The summed E-state index contributed by atoms with van der Waals surface area (Å²) < 4.78 is 38.5. The lowest BCUT2D eigenvalue weighted by Crippen LogP contribution is -2.47. The predicted molar refractivity (Wildman–Crippen MR) is 123 cm³/mol. The van der Waals surface area contributed by atoms with Gasteiger partial charge in [0.1, 0.15) is 17.2 Å². The third-order valence-electron chi connectivity index (χ3n) is 5.25. The normalized spacial score (nSPS) is 19.5. The molecule has 0 aromatic heterocycles. The molecule has 4 rings (SSSR count). The fourth-order valence-electron chi connectivity index (χ4n) is 3.57. The van der Waals surface area contributed by atoms with E-state index in [1.165, 1.54) is 53.4 Å². The first-order valence-electron chi connectivity index (χ1n) is 9.86. The van der Waals surface area contributed by atoms with Crippen LogP contribution in [0.1, 0.15) is 16.7 Å². The van der Waals surface area contributed by atoms with Gasteiger partial charge in [0.05, 0.1) is 17.7 Å². The zero-order valence-corrected chi connectivity index (χ0v) is 18.1. The van der Waals surface area contributed by atoms with Crippen molar-refractivity contribution < 1.29 is 33.6 Å². The molecule has 0 bridgehead atoms. The predicted octanol–water partition coefficient (Wildman–Crippen LogP) is 3.96. The number of alkyl halides is 3. The van der Waals surface area contributed by atoms with Crippen molar-refractivity contribution in [3.05, 3.63) is 83.4 Å². The second kappa shape index (κ2) is 8.50. The van der Waals surface area contributed by atoms with Gasteiger partial charge in [-0.05, 0) is 72.4 Å². The molecule has 1 unspecified atom stereocenters. The molecule has 3 aromatic carbocycles. The largest absolute Gasteiger partial charge is 0.508 e. The van der Waals surface area contributed by atoms with Crippen LogP contribution in [0.3, 0.4) is 0 Å². The number of hydrogen-bond donors (Lipinski definition) is 5. The zero-order chi connectivity index (χ0) is 24.7. The quantitative estimate of drug-likeness (QED) is 0.279. The Morgan fingerprint density at radius 1 is 0.912 bits per heavy atom. The van der Waals surface area contributed by atoms with Gasteiger partial charge in [0.2, 0.25) is 5.72 Å². The van der Waals surface area contributed by atoms with Crippen molar-refractivity contribution in [3.63, 3.8) is 0 Å². The monoisotopic (exact) mass is 489 g/mol. The molecular weight excluding hydrogens is 471 g/mol. The highest BCUT2D eigenvalue weighted by Crippen LogP contribution is 2.41. The topological polar surface area (TPSA) is 109 Å². The number of phenols is 3. The number of aromatic hydroxyl groups is 3. The van der Waals surface area contributed by atoms with Gasteiger partial charge in [0.25, 0.3) is 0 Å². The number of hydrogen-bond acceptors (Lipinski definition) is 6. The molecule has 0 saturated carbocycles. The fourth-order valence-corrected chi connectivity index (χ4v) is 3.91. The average Bonchev–Trinajstić information content (AvgIpc) is 3.04. The summed E-state index contributed by atoms with van der Waals surface area (Å²) in [6, 6.07) is 13.7. The number of aliphatic imine (C=N–C) groups is 1. The van der Waals surface area contributed by atoms with Crippen molar-refractivity contribution in [2.75, 3.05) is 4.90 Å². The van der Waals surface area contributed by atoms with Crippen LogP contribution in [0, 0.1) is 0 Å². The van der Waals surface area contributed by atoms with Crippen LogP contribution in [0.5, 0.6) is 17.2 Å². The molecule has 1 aliphatic rings. The average molecular weight is 489 g/mol. The number of thiocarbonyl (C=S) groups is 1. The first kappa shape index (κ1) is 23.3. The highest BCUT2D eigenvalue weighted by Gasteiger charge is 2.52. The van der Waals surface area contributed by atoms with Gasteiger partial charge in [0.15, 0.2) is 10.9 Å². The number of nitrogens with zero attached hydrogens (tertiary/aromatic N) is 2. The van der Waals surface area contributed by atoms with E-state index < -0.39 is 17.5 Å². The summed E-state index contributed by atoms with van der Waals surface area (Å²) in [5.74, 6) is -0.752. The van der Waals surface area contributed by atoms with Gasteiger partial charge in [-0.25, -0.2) is 0 Å². The number of phenolic OH excluding ortho intramolecular Hbond substituents is 3. The van der Waals surface area contributed by atoms with Crippen LogP contribution in [0.4, 0.5) is 18.9 Å². The number of benzene rings is 3. The van der Waals surface area contributed by atoms with Crippen molar-refractivity contribution in [2.45, 2.75) is 18.4 Å². The molecule has 7 nitrogen and oxygen atoms in total. The minimum Gasteiger partial charge on any atom is -0.508 e. The molecule has 1 heterocycles. The zero-order valence-electron chi connectivity index (χ0n) is 17.3. The van der Waals surface area contributed by atoms with E-state index in [4.69, 9.17) is 12.2 Å². The van der Waals surface area contributed by atoms with Gasteiger partial charge in [-0.2, -0.15) is 13.2 Å². The second-order valence-electron chi connectivity index (χ2n) is 7.52. The summed E-state index contributed by atoms with van der Waals surface area (Å²) in [4.78, 5) is 5.57. The molecule has 34 heavy (non-hydrogen) atoms. The highest BCUT2D eigenvalue weighted by atomic mass is 32.1. The van der Waals surface area contributed by atoms with Gasteiger partial charge in [-0.15, -0.1) is 0 Å². The Morgan fingerprint density at radius 2 is 1.53 bits per heavy atom. The SMILES string of the molecule is Oc1ccc(N2C(=S)NC(=NCc3ccc(C(F)(F)F)cc3)C2(O)c2cc(O)ccc2O)cc1. The third kappa shape index (κ3) is 4.22. The molecule has 1 aliphatic heterocycles. The van der Waals surface area contributed by atoms with Crippen LogP contribution in [-0.4, -0.2) is 31.4 Å². The molecular formula is C23H18F3N3O4S. The van der Waals surface area contributed by atoms with Gasteiger partial charge in [-0.3, -0.25) is 9.89 Å². The first-order chi connectivity index (χ1) is 16.0. The molecule has 3 aromatic rings. The molecule has 0 amide bonds. The number of aliphatic hydroxyl groups is 1. The van der Waals surface area contributed by atoms with E-state index >= 15 is 0 Å². The minimum atomic E-state index is -4.47. The number of anilines is 1. The fraction of sp³-hybridized carbons (Fsp3) is 0.130. The minimum absolute atomic E-state index is 0.00195. The molecule has 5 N–H and O–H groups in total. The summed E-state index contributed by atoms with van der Waals surface area (Å²) in [5.41, 5.74) is -2.38. The van der Waals surface area contributed by atoms with Gasteiger partial charge in [0, 0.05) is 5.69 Å². The van der Waals surface area contributed by atoms with E-state index in [-0.39, 0.29) is 40.3 Å². The maximum absolute atomic E-state index is 12.8. The lowest BCUT2D eigenvalue weighted by Gasteiger charge is -2.33. The van der Waals surface area contributed by atoms with Crippen molar-refractivity contribution in [3.8, 4) is 17.2 Å². The van der Waals surface area contributed by atoms with Crippen molar-refractivity contribution >= 4 is 28.9 Å². The smallest absolute Gasteiger partial charge is 0.416 e. The summed E-state index contributed by atoms with van der Waals surface area (Å²) >= 11 is 5.39. The molecule has 0 aliphatic carbocycles. The molecule has 1 atom stereocenters. The molecule has 1 saturated heterocycles. The lowest BCUT2D eigenvalue weighted by molar-refractivity contribution is -0.137. The van der Waals surface area contributed by atoms with Gasteiger partial charge < -0.3 is 25.7 Å². The third-order valence-corrected chi connectivity index (χ3v) is 5.53. The van der Waals surface area contributed by atoms with Crippen LogP contribution in [0.2, 0.25) is 0 Å². The molecule has 0 spiro atoms. The maximum atomic E-state index is 12.8. The Bertz CT molecular complexity index is 1260. The summed E-state index contributed by atoms with van der Waals surface area (Å²) in [5, 5.41) is 44.8. The summed E-state index contributed by atoms with van der Waals surface area (Å²) in [6.45, 7) is -0.117. The molecule has 0 radical (unpaired) electrons. The Hall–Kier alpha value is -3.83. The Morgan fingerprint density at radius 3 is 2.15 bits per heavy atom. The standard InChI is InChI=1S/C23H18F3N3O4S/c24-23(25,26)14-3-1-13(2-4-14)12-27-20-22(33,18-11-17(31)9-10-19(18)32)29(21(34)28-20)15-5-7-16(30)8-6-15/h1-11,30-33H,12H2,(H,27,28,34). The van der Waals surface area contributed by atoms with Crippen molar-refractivity contribution in [2.24, 2.45) is 4.99 Å². The lowest BCUT2D eigenvalue weighted by atomic mass is 9.98. The Balaban J connectivity index is 1.78. The molecule has 11 heteroatoms. The van der Waals surface area contributed by atoms with Gasteiger partial charge in [-0.1, -0.05) is 12.1 Å². The Kier molecular flexibility index (Phi) is 5.84. The molecule has 176 valence electrons. The van der Waals surface area contributed by atoms with Crippen LogP contribution in [0.25, 0.3) is 0 Å². The number of amidine groups is 1.